The molecule has 1 aromatic carbocycles. The number of rotatable bonds is 4. The number of benzene rings is 1. The molecule has 1 fully saturated rings. The van der Waals surface area contributed by atoms with Gasteiger partial charge in [0.05, 0.1) is 16.8 Å². The Bertz CT molecular complexity index is 911. The maximum atomic E-state index is 13.2. The fraction of sp³-hybridized carbons (Fsp3) is 0.333. The SMILES string of the molecule is CC(F)(F)Cc1ccc(-n2nc(C3CNC3)c3c(I)ccnc32)cc1. The summed E-state index contributed by atoms with van der Waals surface area (Å²) in [4.78, 5) is 4.52. The number of hydrogen-bond donors (Lipinski definition) is 1. The molecule has 0 spiro atoms. The molecule has 0 amide bonds. The molecule has 1 saturated heterocycles. The van der Waals surface area contributed by atoms with E-state index in [1.807, 2.05) is 22.9 Å². The molecule has 0 bridgehead atoms. The van der Waals surface area contributed by atoms with Crippen LogP contribution in [-0.4, -0.2) is 33.8 Å². The van der Waals surface area contributed by atoms with E-state index in [4.69, 9.17) is 5.10 Å². The van der Waals surface area contributed by atoms with Gasteiger partial charge < -0.3 is 5.32 Å². The highest BCUT2D eigenvalue weighted by atomic mass is 127. The molecule has 3 heterocycles. The van der Waals surface area contributed by atoms with Crippen LogP contribution in [0.3, 0.4) is 0 Å². The zero-order valence-corrected chi connectivity index (χ0v) is 15.8. The summed E-state index contributed by atoms with van der Waals surface area (Å²) in [6.45, 7) is 2.77. The Morgan fingerprint density at radius 1 is 1.24 bits per heavy atom. The first-order valence-electron chi connectivity index (χ1n) is 8.13. The lowest BCUT2D eigenvalue weighted by molar-refractivity contribution is 0.0226. The highest BCUT2D eigenvalue weighted by Gasteiger charge is 2.27. The van der Waals surface area contributed by atoms with Crippen LogP contribution in [0.1, 0.15) is 24.1 Å². The molecule has 3 aromatic rings. The molecular weight excluding hydrogens is 437 g/mol. The van der Waals surface area contributed by atoms with E-state index >= 15 is 0 Å². The molecule has 0 aliphatic carbocycles. The zero-order chi connectivity index (χ0) is 17.6. The Kier molecular flexibility index (Phi) is 4.23. The predicted molar refractivity (Wildman–Crippen MR) is 102 cm³/mol. The smallest absolute Gasteiger partial charge is 0.249 e. The lowest BCUT2D eigenvalue weighted by Gasteiger charge is -2.25. The highest BCUT2D eigenvalue weighted by molar-refractivity contribution is 14.1. The topological polar surface area (TPSA) is 42.7 Å². The molecule has 1 aliphatic heterocycles. The van der Waals surface area contributed by atoms with Gasteiger partial charge in [-0.3, -0.25) is 0 Å². The van der Waals surface area contributed by atoms with Gasteiger partial charge in [-0.2, -0.15) is 5.10 Å². The number of nitrogens with one attached hydrogen (secondary N) is 1. The van der Waals surface area contributed by atoms with Crippen molar-refractivity contribution in [1.82, 2.24) is 20.1 Å². The Balaban J connectivity index is 1.77. The van der Waals surface area contributed by atoms with E-state index in [1.54, 1.807) is 18.3 Å². The fourth-order valence-corrected chi connectivity index (χ4v) is 3.77. The fourth-order valence-electron chi connectivity index (χ4n) is 3.09. The van der Waals surface area contributed by atoms with Gasteiger partial charge in [0.15, 0.2) is 5.65 Å². The molecule has 0 atom stereocenters. The van der Waals surface area contributed by atoms with Crippen LogP contribution >= 0.6 is 22.6 Å². The Morgan fingerprint density at radius 2 is 1.96 bits per heavy atom. The lowest BCUT2D eigenvalue weighted by atomic mass is 9.97. The third kappa shape index (κ3) is 3.27. The summed E-state index contributed by atoms with van der Waals surface area (Å²) in [5, 5.41) is 9.17. The molecule has 0 radical (unpaired) electrons. The van der Waals surface area contributed by atoms with E-state index in [0.717, 1.165) is 46.0 Å². The molecule has 2 aromatic heterocycles. The number of alkyl halides is 2. The van der Waals surface area contributed by atoms with Crippen molar-refractivity contribution < 1.29 is 8.78 Å². The maximum Gasteiger partial charge on any atom is 0.249 e. The maximum absolute atomic E-state index is 13.2. The standard InChI is InChI=1S/C18H17F2IN4/c1-18(19,20)8-11-2-4-13(5-3-11)25-17-15(14(21)6-7-23-17)16(24-25)12-9-22-10-12/h2-7,12,22H,8-10H2,1H3. The van der Waals surface area contributed by atoms with Gasteiger partial charge in [-0.05, 0) is 53.3 Å². The van der Waals surface area contributed by atoms with Gasteiger partial charge in [0.2, 0.25) is 5.92 Å². The first-order valence-corrected chi connectivity index (χ1v) is 9.21. The van der Waals surface area contributed by atoms with Gasteiger partial charge in [0.1, 0.15) is 0 Å². The number of pyridine rings is 1. The summed E-state index contributed by atoms with van der Waals surface area (Å²) in [5.74, 6) is -2.32. The van der Waals surface area contributed by atoms with E-state index in [-0.39, 0.29) is 6.42 Å². The van der Waals surface area contributed by atoms with Gasteiger partial charge in [-0.25, -0.2) is 18.4 Å². The molecule has 0 unspecified atom stereocenters. The summed E-state index contributed by atoms with van der Waals surface area (Å²) < 4.78 is 29.3. The summed E-state index contributed by atoms with van der Waals surface area (Å²) >= 11 is 2.31. The quantitative estimate of drug-likeness (QED) is 0.609. The van der Waals surface area contributed by atoms with Gasteiger partial charge in [0, 0.05) is 35.2 Å². The molecule has 1 N–H and O–H groups in total. The third-order valence-electron chi connectivity index (χ3n) is 4.41. The van der Waals surface area contributed by atoms with E-state index in [1.165, 1.54) is 0 Å². The number of halogens is 3. The normalized spacial score (nSPS) is 15.5. The summed E-state index contributed by atoms with van der Waals surface area (Å²) in [6, 6.07) is 9.12. The molecule has 1 aliphatic rings. The van der Waals surface area contributed by atoms with Crippen molar-refractivity contribution in [3.8, 4) is 5.69 Å². The first kappa shape index (κ1) is 16.8. The minimum atomic E-state index is -2.71. The van der Waals surface area contributed by atoms with Crippen molar-refractivity contribution in [3.63, 3.8) is 0 Å². The van der Waals surface area contributed by atoms with Gasteiger partial charge in [-0.1, -0.05) is 12.1 Å². The van der Waals surface area contributed by atoms with Crippen LogP contribution in [0.2, 0.25) is 0 Å². The van der Waals surface area contributed by atoms with Crippen LogP contribution in [0.25, 0.3) is 16.7 Å². The van der Waals surface area contributed by atoms with Crippen LogP contribution in [0.4, 0.5) is 8.78 Å². The molecule has 4 nitrogen and oxygen atoms in total. The van der Waals surface area contributed by atoms with Crippen LogP contribution in [0, 0.1) is 3.57 Å². The van der Waals surface area contributed by atoms with E-state index < -0.39 is 5.92 Å². The number of fused-ring (bicyclic) bond motifs is 1. The monoisotopic (exact) mass is 454 g/mol. The predicted octanol–water partition coefficient (Wildman–Crippen LogP) is 3.91. The van der Waals surface area contributed by atoms with Crippen molar-refractivity contribution in [3.05, 3.63) is 51.4 Å². The van der Waals surface area contributed by atoms with Crippen molar-refractivity contribution in [2.24, 2.45) is 0 Å². The third-order valence-corrected chi connectivity index (χ3v) is 5.31. The molecule has 0 saturated carbocycles. The summed E-state index contributed by atoms with van der Waals surface area (Å²) in [5.41, 5.74) is 3.30. The highest BCUT2D eigenvalue weighted by Crippen LogP contribution is 2.31. The number of nitrogens with zero attached hydrogens (tertiary/aromatic N) is 3. The largest absolute Gasteiger partial charge is 0.315 e. The number of aromatic nitrogens is 3. The minimum Gasteiger partial charge on any atom is -0.315 e. The van der Waals surface area contributed by atoms with Crippen LogP contribution in [0.5, 0.6) is 0 Å². The second kappa shape index (κ2) is 6.28. The van der Waals surface area contributed by atoms with Gasteiger partial charge in [-0.15, -0.1) is 0 Å². The summed E-state index contributed by atoms with van der Waals surface area (Å²) in [7, 11) is 0. The van der Waals surface area contributed by atoms with Crippen molar-refractivity contribution in [1.29, 1.82) is 0 Å². The molecule has 7 heteroatoms. The number of hydrogen-bond acceptors (Lipinski definition) is 3. The average molecular weight is 454 g/mol. The second-order valence-corrected chi connectivity index (χ2v) is 7.72. The lowest BCUT2D eigenvalue weighted by Crippen LogP contribution is -2.40. The van der Waals surface area contributed by atoms with E-state index in [2.05, 4.69) is 32.9 Å². The van der Waals surface area contributed by atoms with E-state index in [9.17, 15) is 8.78 Å². The molecular formula is C18H17F2IN4. The van der Waals surface area contributed by atoms with Crippen molar-refractivity contribution in [2.45, 2.75) is 25.2 Å². The van der Waals surface area contributed by atoms with Crippen molar-refractivity contribution >= 4 is 33.6 Å². The summed E-state index contributed by atoms with van der Waals surface area (Å²) in [6.07, 6.45) is 1.51. The zero-order valence-electron chi connectivity index (χ0n) is 13.6. The average Bonchev–Trinajstić information content (AvgIpc) is 2.85. The van der Waals surface area contributed by atoms with Crippen molar-refractivity contribution in [2.75, 3.05) is 13.1 Å². The van der Waals surface area contributed by atoms with Crippen LogP contribution in [-0.2, 0) is 6.42 Å². The van der Waals surface area contributed by atoms with Crippen LogP contribution < -0.4 is 5.32 Å². The first-order chi connectivity index (χ1) is 11.9. The second-order valence-electron chi connectivity index (χ2n) is 6.56. The van der Waals surface area contributed by atoms with Gasteiger partial charge in [0.25, 0.3) is 0 Å². The Hall–Kier alpha value is -1.61. The Morgan fingerprint density at radius 3 is 2.56 bits per heavy atom. The van der Waals surface area contributed by atoms with E-state index in [0.29, 0.717) is 11.5 Å². The Labute approximate surface area is 157 Å². The molecule has 4 rings (SSSR count). The molecule has 130 valence electrons. The van der Waals surface area contributed by atoms with Gasteiger partial charge >= 0.3 is 0 Å². The minimum absolute atomic E-state index is 0.262. The van der Waals surface area contributed by atoms with Crippen LogP contribution in [0.15, 0.2) is 36.5 Å². The molecule has 25 heavy (non-hydrogen) atoms.